The van der Waals surface area contributed by atoms with Crippen LogP contribution in [0.2, 0.25) is 0 Å². The number of hydrogen-bond donors (Lipinski definition) is 0. The molecule has 79 heavy (non-hydrogen) atoms. The van der Waals surface area contributed by atoms with Crippen LogP contribution >= 0.6 is 0 Å². The Balaban J connectivity index is 4.07. The Bertz CT molecular complexity index is 1800. The summed E-state index contributed by atoms with van der Waals surface area (Å²) in [5.74, 6) is -2.40. The number of unbranched alkanes of at least 4 members (excludes halogenated alkanes) is 16. The van der Waals surface area contributed by atoms with Crippen LogP contribution in [-0.4, -0.2) is 82.3 Å². The third-order valence-corrected chi connectivity index (χ3v) is 12.6. The lowest BCUT2D eigenvalue weighted by Gasteiger charge is -2.26. The first kappa shape index (κ1) is 74.2. The van der Waals surface area contributed by atoms with Crippen molar-refractivity contribution >= 4 is 17.9 Å². The van der Waals surface area contributed by atoms with E-state index in [4.69, 9.17) is 18.9 Å². The van der Waals surface area contributed by atoms with Gasteiger partial charge in [-0.15, -0.1) is 0 Å². The summed E-state index contributed by atoms with van der Waals surface area (Å²) in [7, 11) is 5.89. The van der Waals surface area contributed by atoms with E-state index in [1.165, 1.54) is 83.5 Å². The quantitative estimate of drug-likeness (QED) is 0.0195. The first-order chi connectivity index (χ1) is 38.6. The van der Waals surface area contributed by atoms with Gasteiger partial charge in [-0.1, -0.05) is 250 Å². The number of likely N-dealkylation sites (N-methyl/N-ethyl adjacent to an activating group) is 1. The lowest BCUT2D eigenvalue weighted by Crippen LogP contribution is -2.44. The molecule has 2 atom stereocenters. The number of aliphatic carboxylic acids is 1. The fourth-order valence-electron chi connectivity index (χ4n) is 7.92. The smallest absolute Gasteiger partial charge is 0.306 e. The minimum atomic E-state index is -1.64. The van der Waals surface area contributed by atoms with E-state index in [0.29, 0.717) is 23.9 Å². The van der Waals surface area contributed by atoms with Gasteiger partial charge in [-0.25, -0.2) is 0 Å². The van der Waals surface area contributed by atoms with E-state index in [1.807, 2.05) is 33.3 Å². The molecule has 0 aliphatic carbocycles. The molecule has 2 unspecified atom stereocenters. The van der Waals surface area contributed by atoms with Crippen molar-refractivity contribution in [3.05, 3.63) is 146 Å². The zero-order valence-corrected chi connectivity index (χ0v) is 50.7. The monoisotopic (exact) mass is 1100 g/mol. The van der Waals surface area contributed by atoms with E-state index in [0.717, 1.165) is 96.3 Å². The van der Waals surface area contributed by atoms with E-state index in [-0.39, 0.29) is 32.7 Å². The van der Waals surface area contributed by atoms with Gasteiger partial charge in [0.1, 0.15) is 13.2 Å². The normalized spacial score (nSPS) is 13.8. The van der Waals surface area contributed by atoms with Crippen molar-refractivity contribution in [2.24, 2.45) is 0 Å². The minimum absolute atomic E-state index is 0.131. The summed E-state index contributed by atoms with van der Waals surface area (Å²) in [4.78, 5) is 37.2. The molecule has 0 spiro atoms. The highest BCUT2D eigenvalue weighted by molar-refractivity contribution is 5.70. The molecule has 0 rings (SSSR count). The number of carbonyl (C=O) groups excluding carboxylic acids is 3. The summed E-state index contributed by atoms with van der Waals surface area (Å²) < 4.78 is 22.6. The molecule has 0 heterocycles. The van der Waals surface area contributed by atoms with Crippen molar-refractivity contribution in [2.75, 3.05) is 47.5 Å². The molecule has 0 aromatic heterocycles. The van der Waals surface area contributed by atoms with Crippen molar-refractivity contribution in [1.29, 1.82) is 0 Å². The molecule has 9 nitrogen and oxygen atoms in total. The van der Waals surface area contributed by atoms with Crippen molar-refractivity contribution < 1.29 is 42.9 Å². The molecule has 0 N–H and O–H groups in total. The largest absolute Gasteiger partial charge is 0.545 e. The van der Waals surface area contributed by atoms with Gasteiger partial charge in [-0.3, -0.25) is 9.59 Å². The Labute approximate surface area is 483 Å². The zero-order valence-electron chi connectivity index (χ0n) is 50.7. The number of allylic oxidation sites excluding steroid dienone is 24. The highest BCUT2D eigenvalue weighted by atomic mass is 16.7. The van der Waals surface area contributed by atoms with Gasteiger partial charge in [-0.05, 0) is 103 Å². The summed E-state index contributed by atoms with van der Waals surface area (Å²) in [5.41, 5.74) is 0. The lowest BCUT2D eigenvalue weighted by molar-refractivity contribution is -0.870. The Kier molecular flexibility index (Phi) is 55.7. The molecule has 0 bridgehead atoms. The van der Waals surface area contributed by atoms with E-state index >= 15 is 0 Å². The topological polar surface area (TPSA) is 111 Å². The number of nitrogens with zero attached hydrogens (tertiary/aromatic N) is 1. The van der Waals surface area contributed by atoms with Gasteiger partial charge >= 0.3 is 11.9 Å². The van der Waals surface area contributed by atoms with Crippen molar-refractivity contribution in [3.8, 4) is 0 Å². The Hall–Kier alpha value is -4.83. The molecule has 0 radical (unpaired) electrons. The van der Waals surface area contributed by atoms with E-state index < -0.39 is 30.3 Å². The SMILES string of the molecule is CC/C=C\C/C=C\C/C=C\C/C=C\C/C=C\C/C=C\C/C=C\C/C=C\CCCCCCCCCCCCCCCCCCC(=O)OC(COC(=O)CC/C=C\C/C=C\C/C=C\C/C=C\CC)COC(OCC[N+](C)(C)C)C(=O)[O-]. The molecule has 446 valence electrons. The number of rotatable bonds is 55. The number of esters is 2. The summed E-state index contributed by atoms with van der Waals surface area (Å²) >= 11 is 0. The standard InChI is InChI=1S/C70H113NO8/c1-6-8-10-12-14-16-18-20-21-22-23-24-25-26-27-28-29-30-31-32-33-34-35-36-37-38-39-40-41-42-43-44-45-46-47-49-51-53-55-57-59-61-68(73)79-66(65-78-70(69(74)75)76-63-62-71(3,4)5)64-77-67(72)60-58-56-54-52-50-48-19-17-15-13-11-9-7-2/h8-11,14-17,20-21,23-24,26-27,29-30,32-33,35-36,48,50,54,56,66,70H,6-7,12-13,18-19,22,25,28,31,34,37-47,49,51-53,55,57-65H2,1-5H3/b10-8-,11-9-,16-14-,17-15-,21-20-,24-23-,27-26-,30-29-,33-32-,36-35-,50-48-,56-54-. The molecule has 0 fully saturated rings. The lowest BCUT2D eigenvalue weighted by atomic mass is 10.0. The van der Waals surface area contributed by atoms with E-state index in [2.05, 4.69) is 148 Å². The maximum Gasteiger partial charge on any atom is 0.306 e. The van der Waals surface area contributed by atoms with Crippen molar-refractivity contribution in [1.82, 2.24) is 0 Å². The number of carboxylic acid groups (broad SMARTS) is 1. The van der Waals surface area contributed by atoms with Gasteiger partial charge in [0, 0.05) is 12.8 Å². The van der Waals surface area contributed by atoms with Gasteiger partial charge in [0.2, 0.25) is 0 Å². The average molecular weight is 1100 g/mol. The van der Waals surface area contributed by atoms with Gasteiger partial charge in [0.25, 0.3) is 0 Å². The van der Waals surface area contributed by atoms with Crippen LogP contribution in [0.4, 0.5) is 0 Å². The first-order valence-corrected chi connectivity index (χ1v) is 31.0. The second-order valence-corrected chi connectivity index (χ2v) is 21.2. The second-order valence-electron chi connectivity index (χ2n) is 21.2. The van der Waals surface area contributed by atoms with E-state index in [1.54, 1.807) is 0 Å². The van der Waals surface area contributed by atoms with Gasteiger partial charge in [0.05, 0.1) is 40.3 Å². The number of carboxylic acids is 1. The molecule has 9 heteroatoms. The van der Waals surface area contributed by atoms with Crippen molar-refractivity contribution in [3.63, 3.8) is 0 Å². The predicted octanol–water partition coefficient (Wildman–Crippen LogP) is 17.5. The van der Waals surface area contributed by atoms with Crippen molar-refractivity contribution in [2.45, 2.75) is 232 Å². The molecule has 0 aliphatic heterocycles. The fraction of sp³-hybridized carbons (Fsp3) is 0.614. The molecule has 0 aromatic rings. The fourth-order valence-corrected chi connectivity index (χ4v) is 7.92. The molecular formula is C70H113NO8. The van der Waals surface area contributed by atoms with Crippen LogP contribution < -0.4 is 5.11 Å². The Morgan fingerprint density at radius 2 is 0.709 bits per heavy atom. The molecule has 0 aromatic carbocycles. The summed E-state index contributed by atoms with van der Waals surface area (Å²) in [6.45, 7) is 4.41. The summed E-state index contributed by atoms with van der Waals surface area (Å²) in [6, 6.07) is 0. The Morgan fingerprint density at radius 3 is 1.06 bits per heavy atom. The van der Waals surface area contributed by atoms with Gasteiger partial charge < -0.3 is 33.3 Å². The molecule has 0 saturated heterocycles. The highest BCUT2D eigenvalue weighted by Gasteiger charge is 2.21. The molecule has 0 saturated carbocycles. The predicted molar refractivity (Wildman–Crippen MR) is 333 cm³/mol. The first-order valence-electron chi connectivity index (χ1n) is 31.0. The number of ether oxygens (including phenoxy) is 4. The van der Waals surface area contributed by atoms with Crippen LogP contribution in [0.5, 0.6) is 0 Å². The zero-order chi connectivity index (χ0) is 57.6. The summed E-state index contributed by atoms with van der Waals surface area (Å²) in [5, 5.41) is 11.8. The van der Waals surface area contributed by atoms with Crippen LogP contribution in [0, 0.1) is 0 Å². The molecule has 0 aliphatic rings. The molecular weight excluding hydrogens is 983 g/mol. The van der Waals surface area contributed by atoms with Crippen LogP contribution in [0.25, 0.3) is 0 Å². The third-order valence-electron chi connectivity index (χ3n) is 12.6. The number of hydrogen-bond acceptors (Lipinski definition) is 8. The summed E-state index contributed by atoms with van der Waals surface area (Å²) in [6.07, 6.45) is 83.8. The van der Waals surface area contributed by atoms with E-state index in [9.17, 15) is 19.5 Å². The van der Waals surface area contributed by atoms with Gasteiger partial charge in [0.15, 0.2) is 12.4 Å². The average Bonchev–Trinajstić information content (AvgIpc) is 3.42. The second kappa shape index (κ2) is 59.3. The third kappa shape index (κ3) is 60.7. The minimum Gasteiger partial charge on any atom is -0.545 e. The van der Waals surface area contributed by atoms with Crippen LogP contribution in [0.3, 0.4) is 0 Å². The Morgan fingerprint density at radius 1 is 0.380 bits per heavy atom. The number of carbonyl (C=O) groups is 3. The number of quaternary nitrogens is 1. The van der Waals surface area contributed by atoms with Crippen LogP contribution in [0.15, 0.2) is 146 Å². The van der Waals surface area contributed by atoms with Crippen LogP contribution in [0.1, 0.15) is 219 Å². The maximum absolute atomic E-state index is 12.9. The van der Waals surface area contributed by atoms with Gasteiger partial charge in [-0.2, -0.15) is 0 Å². The van der Waals surface area contributed by atoms with Crippen LogP contribution in [-0.2, 0) is 33.3 Å². The highest BCUT2D eigenvalue weighted by Crippen LogP contribution is 2.16. The molecule has 0 amide bonds. The maximum atomic E-state index is 12.9.